The SMILES string of the molecule is CCOC(=O)C(C)(C)n1ccc([N+](=O)[O-])n1. The number of hydrogen-bond acceptors (Lipinski definition) is 5. The molecular weight excluding hydrogens is 214 g/mol. The number of nitrogens with zero attached hydrogens (tertiary/aromatic N) is 3. The molecule has 0 saturated carbocycles. The molecule has 88 valence electrons. The minimum absolute atomic E-state index is 0.256. The molecule has 0 unspecified atom stereocenters. The monoisotopic (exact) mass is 227 g/mol. The van der Waals surface area contributed by atoms with Gasteiger partial charge in [0, 0.05) is 0 Å². The first-order chi connectivity index (χ1) is 7.39. The molecule has 0 amide bonds. The fourth-order valence-corrected chi connectivity index (χ4v) is 1.12. The smallest absolute Gasteiger partial charge is 0.389 e. The normalized spacial score (nSPS) is 11.2. The van der Waals surface area contributed by atoms with Crippen LogP contribution in [0.1, 0.15) is 20.8 Å². The number of aromatic nitrogens is 2. The van der Waals surface area contributed by atoms with Gasteiger partial charge in [-0.15, -0.1) is 0 Å². The second-order valence-corrected chi connectivity index (χ2v) is 3.66. The standard InChI is InChI=1S/C9H13N3O4/c1-4-16-8(13)9(2,3)11-6-5-7(10-11)12(14)15/h5-6H,4H2,1-3H3. The minimum atomic E-state index is -1.05. The summed E-state index contributed by atoms with van der Waals surface area (Å²) < 4.78 is 6.09. The van der Waals surface area contributed by atoms with Gasteiger partial charge in [-0.25, -0.2) is 4.79 Å². The highest BCUT2D eigenvalue weighted by Crippen LogP contribution is 2.18. The highest BCUT2D eigenvalue weighted by Gasteiger charge is 2.35. The molecule has 1 aromatic heterocycles. The Balaban J connectivity index is 2.97. The van der Waals surface area contributed by atoms with Gasteiger partial charge in [0.15, 0.2) is 5.54 Å². The summed E-state index contributed by atoms with van der Waals surface area (Å²) in [5.41, 5.74) is -1.05. The Hall–Kier alpha value is -1.92. The third kappa shape index (κ3) is 2.18. The Morgan fingerprint density at radius 1 is 1.69 bits per heavy atom. The van der Waals surface area contributed by atoms with E-state index in [-0.39, 0.29) is 12.4 Å². The van der Waals surface area contributed by atoms with E-state index < -0.39 is 16.4 Å². The van der Waals surface area contributed by atoms with Crippen molar-refractivity contribution in [1.82, 2.24) is 9.78 Å². The average molecular weight is 227 g/mol. The highest BCUT2D eigenvalue weighted by molar-refractivity contribution is 5.77. The molecule has 0 aliphatic heterocycles. The average Bonchev–Trinajstić information content (AvgIpc) is 2.67. The fraction of sp³-hybridized carbons (Fsp3) is 0.556. The van der Waals surface area contributed by atoms with Gasteiger partial charge in [0.05, 0.1) is 24.0 Å². The summed E-state index contributed by atoms with van der Waals surface area (Å²) in [6.45, 7) is 5.12. The third-order valence-electron chi connectivity index (χ3n) is 2.11. The Bertz CT molecular complexity index is 411. The third-order valence-corrected chi connectivity index (χ3v) is 2.11. The van der Waals surface area contributed by atoms with E-state index in [0.717, 1.165) is 0 Å². The largest absolute Gasteiger partial charge is 0.464 e. The predicted molar refractivity (Wildman–Crippen MR) is 54.8 cm³/mol. The molecule has 0 radical (unpaired) electrons. The van der Waals surface area contributed by atoms with Crippen molar-refractivity contribution in [2.45, 2.75) is 26.3 Å². The van der Waals surface area contributed by atoms with Crippen LogP contribution in [-0.4, -0.2) is 27.3 Å². The van der Waals surface area contributed by atoms with Crippen molar-refractivity contribution < 1.29 is 14.5 Å². The zero-order valence-corrected chi connectivity index (χ0v) is 9.34. The van der Waals surface area contributed by atoms with E-state index in [0.29, 0.717) is 0 Å². The maximum Gasteiger partial charge on any atom is 0.389 e. The fourth-order valence-electron chi connectivity index (χ4n) is 1.12. The first kappa shape index (κ1) is 12.2. The number of nitro groups is 1. The van der Waals surface area contributed by atoms with Crippen LogP contribution >= 0.6 is 0 Å². The van der Waals surface area contributed by atoms with Gasteiger partial charge in [0.2, 0.25) is 0 Å². The van der Waals surface area contributed by atoms with Crippen molar-refractivity contribution in [2.75, 3.05) is 6.61 Å². The molecular formula is C9H13N3O4. The lowest BCUT2D eigenvalue weighted by Crippen LogP contribution is -2.37. The maximum atomic E-state index is 11.6. The van der Waals surface area contributed by atoms with E-state index in [2.05, 4.69) is 5.10 Å². The number of carbonyl (C=O) groups is 1. The van der Waals surface area contributed by atoms with Crippen LogP contribution in [0.3, 0.4) is 0 Å². The zero-order valence-electron chi connectivity index (χ0n) is 9.34. The van der Waals surface area contributed by atoms with Crippen LogP contribution in [0, 0.1) is 10.1 Å². The van der Waals surface area contributed by atoms with Crippen LogP contribution in [0.2, 0.25) is 0 Å². The lowest BCUT2D eigenvalue weighted by Gasteiger charge is -2.19. The van der Waals surface area contributed by atoms with Gasteiger partial charge in [-0.2, -0.15) is 4.68 Å². The summed E-state index contributed by atoms with van der Waals surface area (Å²) >= 11 is 0. The van der Waals surface area contributed by atoms with Crippen molar-refractivity contribution >= 4 is 11.8 Å². The van der Waals surface area contributed by atoms with E-state index in [4.69, 9.17) is 4.74 Å². The summed E-state index contributed by atoms with van der Waals surface area (Å²) in [7, 11) is 0. The van der Waals surface area contributed by atoms with Gasteiger partial charge in [-0.1, -0.05) is 0 Å². The number of ether oxygens (including phenoxy) is 1. The van der Waals surface area contributed by atoms with Gasteiger partial charge in [0.25, 0.3) is 0 Å². The van der Waals surface area contributed by atoms with Crippen LogP contribution in [0.5, 0.6) is 0 Å². The Morgan fingerprint density at radius 2 is 2.31 bits per heavy atom. The minimum Gasteiger partial charge on any atom is -0.464 e. The van der Waals surface area contributed by atoms with Crippen LogP contribution in [0.4, 0.5) is 5.82 Å². The number of rotatable bonds is 4. The molecule has 16 heavy (non-hydrogen) atoms. The van der Waals surface area contributed by atoms with Crippen LogP contribution in [0.15, 0.2) is 12.3 Å². The van der Waals surface area contributed by atoms with E-state index >= 15 is 0 Å². The Labute approximate surface area is 92.2 Å². The van der Waals surface area contributed by atoms with Crippen molar-refractivity contribution in [3.05, 3.63) is 22.4 Å². The molecule has 0 aliphatic rings. The molecule has 1 heterocycles. The molecule has 1 rings (SSSR count). The molecule has 0 aromatic carbocycles. The van der Waals surface area contributed by atoms with Crippen molar-refractivity contribution in [1.29, 1.82) is 0 Å². The van der Waals surface area contributed by atoms with Crippen LogP contribution in [0.25, 0.3) is 0 Å². The first-order valence-electron chi connectivity index (χ1n) is 4.77. The summed E-state index contributed by atoms with van der Waals surface area (Å²) in [5.74, 6) is -0.773. The van der Waals surface area contributed by atoms with E-state index in [1.807, 2.05) is 0 Å². The zero-order chi connectivity index (χ0) is 12.3. The lowest BCUT2D eigenvalue weighted by atomic mass is 10.1. The molecule has 0 bridgehead atoms. The molecule has 1 aromatic rings. The predicted octanol–water partition coefficient (Wildman–Crippen LogP) is 1.09. The molecule has 0 aliphatic carbocycles. The van der Waals surface area contributed by atoms with Gasteiger partial charge in [0.1, 0.15) is 0 Å². The first-order valence-corrected chi connectivity index (χ1v) is 4.77. The lowest BCUT2D eigenvalue weighted by molar-refractivity contribution is -0.389. The Kier molecular flexibility index (Phi) is 3.26. The summed E-state index contributed by atoms with van der Waals surface area (Å²) in [6.07, 6.45) is 1.38. The quantitative estimate of drug-likeness (QED) is 0.436. The van der Waals surface area contributed by atoms with Gasteiger partial charge >= 0.3 is 11.8 Å². The molecule has 0 spiro atoms. The van der Waals surface area contributed by atoms with Gasteiger partial charge < -0.3 is 14.9 Å². The number of carbonyl (C=O) groups excluding carboxylic acids is 1. The molecule has 0 fully saturated rings. The summed E-state index contributed by atoms with van der Waals surface area (Å²) in [6, 6.07) is 1.24. The molecule has 7 nitrogen and oxygen atoms in total. The van der Waals surface area contributed by atoms with Crippen molar-refractivity contribution in [3.8, 4) is 0 Å². The topological polar surface area (TPSA) is 87.3 Å². The molecule has 0 saturated heterocycles. The maximum absolute atomic E-state index is 11.6. The summed E-state index contributed by atoms with van der Waals surface area (Å²) in [5, 5.41) is 14.2. The highest BCUT2D eigenvalue weighted by atomic mass is 16.6. The second kappa shape index (κ2) is 4.30. The second-order valence-electron chi connectivity index (χ2n) is 3.66. The number of hydrogen-bond donors (Lipinski definition) is 0. The van der Waals surface area contributed by atoms with Crippen LogP contribution < -0.4 is 0 Å². The molecule has 0 N–H and O–H groups in total. The van der Waals surface area contributed by atoms with Crippen molar-refractivity contribution in [2.24, 2.45) is 0 Å². The van der Waals surface area contributed by atoms with Crippen LogP contribution in [-0.2, 0) is 15.1 Å². The molecule has 7 heteroatoms. The summed E-state index contributed by atoms with van der Waals surface area (Å²) in [4.78, 5) is 21.4. The number of esters is 1. The molecule has 0 atom stereocenters. The van der Waals surface area contributed by atoms with E-state index in [1.54, 1.807) is 20.8 Å². The van der Waals surface area contributed by atoms with E-state index in [1.165, 1.54) is 16.9 Å². The van der Waals surface area contributed by atoms with E-state index in [9.17, 15) is 14.9 Å². The Morgan fingerprint density at radius 3 is 2.75 bits per heavy atom. The van der Waals surface area contributed by atoms with Gasteiger partial charge in [-0.3, -0.25) is 0 Å². The van der Waals surface area contributed by atoms with Gasteiger partial charge in [-0.05, 0) is 25.7 Å². The van der Waals surface area contributed by atoms with Crippen molar-refractivity contribution in [3.63, 3.8) is 0 Å².